The number of nitro groups is 1. The third-order valence-electron chi connectivity index (χ3n) is 5.38. The second kappa shape index (κ2) is 12.7. The zero-order valence-electron chi connectivity index (χ0n) is 20.8. The minimum Gasteiger partial charge on any atom is -0.497 e. The van der Waals surface area contributed by atoms with Crippen molar-refractivity contribution >= 4 is 35.0 Å². The molecule has 1 heterocycles. The van der Waals surface area contributed by atoms with Crippen molar-refractivity contribution in [3.63, 3.8) is 0 Å². The molecule has 2 N–H and O–H groups in total. The van der Waals surface area contributed by atoms with Crippen molar-refractivity contribution in [2.45, 2.75) is 38.0 Å². The number of nitrogens with one attached hydrogen (secondary N) is 2. The number of carbonyl (C=O) groups excluding carboxylic acids is 2. The predicted molar refractivity (Wildman–Crippen MR) is 141 cm³/mol. The normalized spacial score (nSPS) is 11.4. The SMILES string of the molecule is C=CCn1c(SCC(=O)Nc2cc([N+](=O)[O-])ccc2C)nnc1[C@@H](C)NC(=O)Cc1ccc(OC)cc1. The monoisotopic (exact) mass is 524 g/mol. The van der Waals surface area contributed by atoms with Crippen LogP contribution in [-0.2, 0) is 22.6 Å². The summed E-state index contributed by atoms with van der Waals surface area (Å²) in [6, 6.07) is 11.1. The Balaban J connectivity index is 1.63. The molecular weight excluding hydrogens is 496 g/mol. The van der Waals surface area contributed by atoms with Crippen LogP contribution in [0.2, 0.25) is 0 Å². The lowest BCUT2D eigenvalue weighted by molar-refractivity contribution is -0.384. The van der Waals surface area contributed by atoms with Crippen LogP contribution in [0.3, 0.4) is 0 Å². The van der Waals surface area contributed by atoms with Crippen LogP contribution in [0.4, 0.5) is 11.4 Å². The molecular formula is C25H28N6O5S. The Morgan fingerprint density at radius 2 is 1.95 bits per heavy atom. The number of thioether (sulfide) groups is 1. The van der Waals surface area contributed by atoms with E-state index >= 15 is 0 Å². The number of non-ortho nitro benzene ring substituents is 1. The average Bonchev–Trinajstić information content (AvgIpc) is 3.27. The first-order chi connectivity index (χ1) is 17.7. The Kier molecular flexibility index (Phi) is 9.39. The van der Waals surface area contributed by atoms with Crippen LogP contribution in [0.1, 0.15) is 29.9 Å². The van der Waals surface area contributed by atoms with Gasteiger partial charge in [-0.3, -0.25) is 19.7 Å². The van der Waals surface area contributed by atoms with E-state index in [1.807, 2.05) is 19.1 Å². The fraction of sp³-hybridized carbons (Fsp3) is 0.280. The van der Waals surface area contributed by atoms with Gasteiger partial charge in [-0.05, 0) is 37.1 Å². The van der Waals surface area contributed by atoms with Gasteiger partial charge in [-0.2, -0.15) is 0 Å². The molecule has 0 saturated carbocycles. The highest BCUT2D eigenvalue weighted by molar-refractivity contribution is 7.99. The number of amides is 2. The molecule has 1 aromatic heterocycles. The van der Waals surface area contributed by atoms with Gasteiger partial charge in [0.05, 0.1) is 35.9 Å². The highest BCUT2D eigenvalue weighted by Crippen LogP contribution is 2.24. The molecule has 0 saturated heterocycles. The summed E-state index contributed by atoms with van der Waals surface area (Å²) in [6.45, 7) is 7.72. The zero-order valence-corrected chi connectivity index (χ0v) is 21.6. The first-order valence-corrected chi connectivity index (χ1v) is 12.3. The van der Waals surface area contributed by atoms with Gasteiger partial charge in [0.1, 0.15) is 5.75 Å². The summed E-state index contributed by atoms with van der Waals surface area (Å²) in [7, 11) is 1.58. The van der Waals surface area contributed by atoms with Crippen molar-refractivity contribution in [2.24, 2.45) is 0 Å². The van der Waals surface area contributed by atoms with Crippen molar-refractivity contribution in [1.82, 2.24) is 20.1 Å². The number of carbonyl (C=O) groups is 2. The Morgan fingerprint density at radius 3 is 2.59 bits per heavy atom. The lowest BCUT2D eigenvalue weighted by Gasteiger charge is -2.15. The molecule has 0 aliphatic rings. The van der Waals surface area contributed by atoms with Gasteiger partial charge in [-0.25, -0.2) is 0 Å². The molecule has 0 radical (unpaired) electrons. The van der Waals surface area contributed by atoms with E-state index in [0.29, 0.717) is 34.5 Å². The Bertz CT molecular complexity index is 1290. The van der Waals surface area contributed by atoms with E-state index in [4.69, 9.17) is 4.74 Å². The maximum Gasteiger partial charge on any atom is 0.271 e. The third-order valence-corrected chi connectivity index (χ3v) is 6.35. The minimum atomic E-state index is -0.514. The fourth-order valence-electron chi connectivity index (χ4n) is 3.49. The number of anilines is 1. The minimum absolute atomic E-state index is 0.00954. The molecule has 2 amide bonds. The van der Waals surface area contributed by atoms with Gasteiger partial charge in [-0.15, -0.1) is 16.8 Å². The second-order valence-corrected chi connectivity index (χ2v) is 9.09. The number of rotatable bonds is 12. The summed E-state index contributed by atoms with van der Waals surface area (Å²) in [5, 5.41) is 25.6. The van der Waals surface area contributed by atoms with E-state index in [-0.39, 0.29) is 29.7 Å². The molecule has 12 heteroatoms. The van der Waals surface area contributed by atoms with Gasteiger partial charge in [0.25, 0.3) is 5.69 Å². The third kappa shape index (κ3) is 7.40. The van der Waals surface area contributed by atoms with Crippen LogP contribution in [0.25, 0.3) is 0 Å². The van der Waals surface area contributed by atoms with Crippen molar-refractivity contribution in [3.8, 4) is 5.75 Å². The molecule has 0 unspecified atom stereocenters. The van der Waals surface area contributed by atoms with Crippen LogP contribution < -0.4 is 15.4 Å². The van der Waals surface area contributed by atoms with Gasteiger partial charge in [0, 0.05) is 18.7 Å². The van der Waals surface area contributed by atoms with E-state index in [2.05, 4.69) is 27.4 Å². The molecule has 2 aromatic carbocycles. The van der Waals surface area contributed by atoms with E-state index in [1.165, 1.54) is 23.9 Å². The summed E-state index contributed by atoms with van der Waals surface area (Å²) < 4.78 is 6.92. The number of nitro benzene ring substituents is 1. The van der Waals surface area contributed by atoms with Gasteiger partial charge in [0.2, 0.25) is 11.8 Å². The number of allylic oxidation sites excluding steroid dienone is 1. The van der Waals surface area contributed by atoms with Crippen molar-refractivity contribution < 1.29 is 19.2 Å². The number of benzene rings is 2. The van der Waals surface area contributed by atoms with Crippen molar-refractivity contribution in [2.75, 3.05) is 18.2 Å². The van der Waals surface area contributed by atoms with Crippen molar-refractivity contribution in [1.29, 1.82) is 0 Å². The van der Waals surface area contributed by atoms with Crippen LogP contribution in [-0.4, -0.2) is 44.4 Å². The van der Waals surface area contributed by atoms with Crippen LogP contribution in [0.15, 0.2) is 60.3 Å². The smallest absolute Gasteiger partial charge is 0.271 e. The quantitative estimate of drug-likeness (QED) is 0.158. The maximum atomic E-state index is 12.6. The number of ether oxygens (including phenoxy) is 1. The van der Waals surface area contributed by atoms with Crippen LogP contribution in [0.5, 0.6) is 5.75 Å². The number of methoxy groups -OCH3 is 1. The van der Waals surface area contributed by atoms with E-state index < -0.39 is 11.0 Å². The number of hydrogen-bond acceptors (Lipinski definition) is 8. The molecule has 0 aliphatic heterocycles. The summed E-state index contributed by atoms with van der Waals surface area (Å²) >= 11 is 1.17. The van der Waals surface area contributed by atoms with Crippen LogP contribution in [0, 0.1) is 17.0 Å². The predicted octanol–water partition coefficient (Wildman–Crippen LogP) is 3.84. The van der Waals surface area contributed by atoms with Gasteiger partial charge < -0.3 is 19.9 Å². The molecule has 0 bridgehead atoms. The van der Waals surface area contributed by atoms with Gasteiger partial charge in [0.15, 0.2) is 11.0 Å². The lowest BCUT2D eigenvalue weighted by Crippen LogP contribution is -2.30. The molecule has 11 nitrogen and oxygen atoms in total. The summed E-state index contributed by atoms with van der Waals surface area (Å²) in [6.07, 6.45) is 1.87. The summed E-state index contributed by atoms with van der Waals surface area (Å²) in [4.78, 5) is 35.7. The Labute approximate surface area is 218 Å². The number of aryl methyl sites for hydroxylation is 1. The molecule has 0 aliphatic carbocycles. The van der Waals surface area contributed by atoms with E-state index in [0.717, 1.165) is 5.56 Å². The molecule has 194 valence electrons. The highest BCUT2D eigenvalue weighted by atomic mass is 32.2. The molecule has 0 spiro atoms. The molecule has 0 fully saturated rings. The molecule has 37 heavy (non-hydrogen) atoms. The topological polar surface area (TPSA) is 141 Å². The maximum absolute atomic E-state index is 12.6. The highest BCUT2D eigenvalue weighted by Gasteiger charge is 2.20. The second-order valence-electron chi connectivity index (χ2n) is 8.15. The van der Waals surface area contributed by atoms with Gasteiger partial charge >= 0.3 is 0 Å². The van der Waals surface area contributed by atoms with E-state index in [9.17, 15) is 19.7 Å². The number of nitrogens with zero attached hydrogens (tertiary/aromatic N) is 4. The van der Waals surface area contributed by atoms with Gasteiger partial charge in [-0.1, -0.05) is 36.0 Å². The fourth-order valence-corrected chi connectivity index (χ4v) is 4.24. The number of aromatic nitrogens is 3. The summed E-state index contributed by atoms with van der Waals surface area (Å²) in [5.41, 5.74) is 1.83. The molecule has 3 aromatic rings. The lowest BCUT2D eigenvalue weighted by atomic mass is 10.1. The van der Waals surface area contributed by atoms with Crippen molar-refractivity contribution in [3.05, 3.63) is 82.2 Å². The van der Waals surface area contributed by atoms with E-state index in [1.54, 1.807) is 42.9 Å². The Morgan fingerprint density at radius 1 is 1.22 bits per heavy atom. The average molecular weight is 525 g/mol. The first-order valence-electron chi connectivity index (χ1n) is 11.4. The summed E-state index contributed by atoms with van der Waals surface area (Å²) in [5.74, 6) is 0.737. The Hall–Kier alpha value is -4.19. The molecule has 1 atom stereocenters. The first kappa shape index (κ1) is 27.4. The number of hydrogen-bond donors (Lipinski definition) is 2. The zero-order chi connectivity index (χ0) is 26.9. The largest absolute Gasteiger partial charge is 0.497 e. The van der Waals surface area contributed by atoms with Crippen LogP contribution >= 0.6 is 11.8 Å². The molecule has 3 rings (SSSR count). The standard InChI is InChI=1S/C25H28N6O5S/c1-5-12-30-24(17(3)26-22(32)13-18-7-10-20(36-4)11-8-18)28-29-25(30)37-15-23(33)27-21-14-19(31(34)35)9-6-16(21)2/h5-11,14,17H,1,12-13,15H2,2-4H3,(H,26,32)(H,27,33)/t17-/m1/s1.